The Balaban J connectivity index is 2.79. The van der Waals surface area contributed by atoms with Crippen LogP contribution in [0.2, 0.25) is 0 Å². The molecule has 0 amide bonds. The number of hydrogen-bond acceptors (Lipinski definition) is 1. The molecule has 13 heavy (non-hydrogen) atoms. The first-order chi connectivity index (χ1) is 6.25. The maximum absolute atomic E-state index is 8.61. The maximum atomic E-state index is 8.61. The summed E-state index contributed by atoms with van der Waals surface area (Å²) in [4.78, 5) is 0. The van der Waals surface area contributed by atoms with Crippen LogP contribution in [0.25, 0.3) is 0 Å². The van der Waals surface area contributed by atoms with E-state index in [1.807, 2.05) is 30.3 Å². The second kappa shape index (κ2) is 5.28. The standard InChI is InChI=1S/C10H10Cl2O/c11-9(6-7-13)10(12)8-4-2-1-3-5-8/h1-6,10,13H,7H2/b9-6-. The fraction of sp³-hybridized carbons (Fsp3) is 0.200. The van der Waals surface area contributed by atoms with E-state index in [0.29, 0.717) is 5.03 Å². The van der Waals surface area contributed by atoms with E-state index in [1.54, 1.807) is 0 Å². The largest absolute Gasteiger partial charge is 0.392 e. The summed E-state index contributed by atoms with van der Waals surface area (Å²) in [6, 6.07) is 9.49. The minimum atomic E-state index is -0.366. The minimum absolute atomic E-state index is 0.0884. The molecule has 1 N–H and O–H groups in total. The molecule has 1 aromatic carbocycles. The van der Waals surface area contributed by atoms with Crippen LogP contribution in [0, 0.1) is 0 Å². The van der Waals surface area contributed by atoms with Gasteiger partial charge in [0.25, 0.3) is 0 Å². The molecule has 0 aliphatic rings. The number of alkyl halides is 1. The number of halogens is 2. The predicted molar refractivity (Wildman–Crippen MR) is 56.1 cm³/mol. The average Bonchev–Trinajstić information content (AvgIpc) is 2.18. The van der Waals surface area contributed by atoms with Crippen LogP contribution in [0.3, 0.4) is 0 Å². The Morgan fingerprint density at radius 3 is 2.54 bits per heavy atom. The van der Waals surface area contributed by atoms with Gasteiger partial charge in [0.05, 0.1) is 12.0 Å². The molecule has 0 aliphatic carbocycles. The maximum Gasteiger partial charge on any atom is 0.0939 e. The third kappa shape index (κ3) is 3.03. The summed E-state index contributed by atoms with van der Waals surface area (Å²) in [7, 11) is 0. The highest BCUT2D eigenvalue weighted by Crippen LogP contribution is 2.30. The normalized spacial score (nSPS) is 14.2. The SMILES string of the molecule is OC/C=C(\Cl)C(Cl)c1ccccc1. The van der Waals surface area contributed by atoms with Crippen LogP contribution in [0.5, 0.6) is 0 Å². The van der Waals surface area contributed by atoms with Crippen LogP contribution in [-0.2, 0) is 0 Å². The Labute approximate surface area is 87.6 Å². The quantitative estimate of drug-likeness (QED) is 0.771. The number of rotatable bonds is 3. The molecule has 3 heteroatoms. The lowest BCUT2D eigenvalue weighted by atomic mass is 10.1. The summed E-state index contributed by atoms with van der Waals surface area (Å²) in [5, 5.41) is 8.70. The van der Waals surface area contributed by atoms with Crippen molar-refractivity contribution in [2.45, 2.75) is 5.38 Å². The molecule has 0 heterocycles. The number of hydrogen-bond donors (Lipinski definition) is 1. The molecular weight excluding hydrogens is 207 g/mol. The summed E-state index contributed by atoms with van der Waals surface area (Å²) in [6.45, 7) is -0.0884. The van der Waals surface area contributed by atoms with Crippen molar-refractivity contribution in [1.29, 1.82) is 0 Å². The predicted octanol–water partition coefficient (Wildman–Crippen LogP) is 3.08. The molecule has 0 fully saturated rings. The van der Waals surface area contributed by atoms with Crippen LogP contribution >= 0.6 is 23.2 Å². The zero-order valence-corrected chi connectivity index (χ0v) is 8.46. The Hall–Kier alpha value is -0.500. The molecule has 0 aliphatic heterocycles. The van der Waals surface area contributed by atoms with Gasteiger partial charge in [-0.05, 0) is 11.6 Å². The first-order valence-corrected chi connectivity index (χ1v) is 4.72. The molecule has 1 rings (SSSR count). The molecule has 0 spiro atoms. The van der Waals surface area contributed by atoms with E-state index in [-0.39, 0.29) is 12.0 Å². The molecule has 0 bridgehead atoms. The zero-order chi connectivity index (χ0) is 9.68. The van der Waals surface area contributed by atoms with Crippen molar-refractivity contribution in [2.75, 3.05) is 6.61 Å². The molecule has 1 nitrogen and oxygen atoms in total. The van der Waals surface area contributed by atoms with Gasteiger partial charge in [-0.2, -0.15) is 0 Å². The smallest absolute Gasteiger partial charge is 0.0939 e. The van der Waals surface area contributed by atoms with Gasteiger partial charge in [-0.1, -0.05) is 41.9 Å². The van der Waals surface area contributed by atoms with Crippen molar-refractivity contribution in [3.05, 3.63) is 47.0 Å². The van der Waals surface area contributed by atoms with Gasteiger partial charge >= 0.3 is 0 Å². The zero-order valence-electron chi connectivity index (χ0n) is 6.95. The van der Waals surface area contributed by atoms with Crippen molar-refractivity contribution in [2.24, 2.45) is 0 Å². The van der Waals surface area contributed by atoms with Crippen molar-refractivity contribution < 1.29 is 5.11 Å². The highest BCUT2D eigenvalue weighted by Gasteiger charge is 2.10. The lowest BCUT2D eigenvalue weighted by Crippen LogP contribution is -1.90. The van der Waals surface area contributed by atoms with E-state index in [2.05, 4.69) is 0 Å². The molecular formula is C10H10Cl2O. The average molecular weight is 217 g/mol. The van der Waals surface area contributed by atoms with Crippen molar-refractivity contribution in [3.8, 4) is 0 Å². The van der Waals surface area contributed by atoms with Crippen molar-refractivity contribution >= 4 is 23.2 Å². The van der Waals surface area contributed by atoms with Crippen LogP contribution in [0.15, 0.2) is 41.4 Å². The molecule has 0 radical (unpaired) electrons. The van der Waals surface area contributed by atoms with E-state index < -0.39 is 0 Å². The Morgan fingerprint density at radius 2 is 2.00 bits per heavy atom. The Bertz CT molecular complexity index is 282. The molecule has 1 aromatic rings. The summed E-state index contributed by atoms with van der Waals surface area (Å²) < 4.78 is 0. The van der Waals surface area contributed by atoms with Crippen LogP contribution < -0.4 is 0 Å². The fourth-order valence-corrected chi connectivity index (χ4v) is 1.40. The second-order valence-corrected chi connectivity index (χ2v) is 3.42. The topological polar surface area (TPSA) is 20.2 Å². The molecule has 0 aromatic heterocycles. The van der Waals surface area contributed by atoms with E-state index in [9.17, 15) is 0 Å². The molecule has 1 atom stereocenters. The van der Waals surface area contributed by atoms with Gasteiger partial charge < -0.3 is 5.11 Å². The summed E-state index contributed by atoms with van der Waals surface area (Å²) in [6.07, 6.45) is 1.49. The third-order valence-electron chi connectivity index (χ3n) is 1.62. The number of benzene rings is 1. The highest BCUT2D eigenvalue weighted by atomic mass is 35.5. The summed E-state index contributed by atoms with van der Waals surface area (Å²) in [5.74, 6) is 0. The lowest BCUT2D eigenvalue weighted by Gasteiger charge is -2.07. The summed E-state index contributed by atoms with van der Waals surface area (Å²) >= 11 is 11.9. The monoisotopic (exact) mass is 216 g/mol. The van der Waals surface area contributed by atoms with E-state index >= 15 is 0 Å². The van der Waals surface area contributed by atoms with E-state index in [1.165, 1.54) is 6.08 Å². The minimum Gasteiger partial charge on any atom is -0.392 e. The van der Waals surface area contributed by atoms with Gasteiger partial charge in [0, 0.05) is 5.03 Å². The van der Waals surface area contributed by atoms with Gasteiger partial charge in [-0.15, -0.1) is 11.6 Å². The third-order valence-corrected chi connectivity index (χ3v) is 2.59. The molecule has 0 saturated heterocycles. The Morgan fingerprint density at radius 1 is 1.38 bits per heavy atom. The molecule has 1 unspecified atom stereocenters. The van der Waals surface area contributed by atoms with Gasteiger partial charge in [0.1, 0.15) is 0 Å². The van der Waals surface area contributed by atoms with Crippen molar-refractivity contribution in [1.82, 2.24) is 0 Å². The van der Waals surface area contributed by atoms with Crippen molar-refractivity contribution in [3.63, 3.8) is 0 Å². The van der Waals surface area contributed by atoms with Gasteiger partial charge in [0.15, 0.2) is 0 Å². The van der Waals surface area contributed by atoms with Crippen LogP contribution in [0.1, 0.15) is 10.9 Å². The summed E-state index contributed by atoms with van der Waals surface area (Å²) in [5.41, 5.74) is 0.930. The number of allylic oxidation sites excluding steroid dienone is 1. The highest BCUT2D eigenvalue weighted by molar-refractivity contribution is 6.37. The number of aliphatic hydroxyl groups excluding tert-OH is 1. The van der Waals surface area contributed by atoms with Gasteiger partial charge in [-0.25, -0.2) is 0 Å². The van der Waals surface area contributed by atoms with E-state index in [4.69, 9.17) is 28.3 Å². The second-order valence-electron chi connectivity index (χ2n) is 2.54. The van der Waals surface area contributed by atoms with E-state index in [0.717, 1.165) is 5.56 Å². The Kier molecular flexibility index (Phi) is 4.29. The molecule has 0 saturated carbocycles. The fourth-order valence-electron chi connectivity index (χ4n) is 0.972. The van der Waals surface area contributed by atoms with Crippen LogP contribution in [0.4, 0.5) is 0 Å². The van der Waals surface area contributed by atoms with Gasteiger partial charge in [0.2, 0.25) is 0 Å². The lowest BCUT2D eigenvalue weighted by molar-refractivity contribution is 0.342. The first kappa shape index (κ1) is 10.6. The van der Waals surface area contributed by atoms with Gasteiger partial charge in [-0.3, -0.25) is 0 Å². The number of aliphatic hydroxyl groups is 1. The molecule has 70 valence electrons. The van der Waals surface area contributed by atoms with Crippen LogP contribution in [-0.4, -0.2) is 11.7 Å². The first-order valence-electron chi connectivity index (χ1n) is 3.91.